The topological polar surface area (TPSA) is 47.7 Å². The Balaban J connectivity index is 2.11. The second kappa shape index (κ2) is 5.14. The Hall–Kier alpha value is -1.62. The third-order valence-electron chi connectivity index (χ3n) is 3.06. The Bertz CT molecular complexity index is 467. The van der Waals surface area contributed by atoms with Crippen LogP contribution in [0.3, 0.4) is 0 Å². The molecule has 0 radical (unpaired) electrons. The van der Waals surface area contributed by atoms with Crippen LogP contribution in [0.4, 0.5) is 0 Å². The monoisotopic (exact) mass is 233 g/mol. The number of hydrogen-bond donors (Lipinski definition) is 1. The zero-order valence-corrected chi connectivity index (χ0v) is 10.6. The van der Waals surface area contributed by atoms with Gasteiger partial charge in [0.2, 0.25) is 0 Å². The zero-order valence-electron chi connectivity index (χ0n) is 10.6. The molecule has 1 unspecified atom stereocenters. The lowest BCUT2D eigenvalue weighted by molar-refractivity contribution is 0.574. The zero-order chi connectivity index (χ0) is 12.3. The van der Waals surface area contributed by atoms with Crippen molar-refractivity contribution in [3.63, 3.8) is 0 Å². The summed E-state index contributed by atoms with van der Waals surface area (Å²) in [6.45, 7) is 2.94. The minimum atomic E-state index is 0.427. The van der Waals surface area contributed by atoms with Crippen molar-refractivity contribution < 1.29 is 0 Å². The maximum absolute atomic E-state index is 4.08. The molecule has 1 N–H and O–H groups in total. The van der Waals surface area contributed by atoms with E-state index in [2.05, 4.69) is 45.5 Å². The van der Waals surface area contributed by atoms with E-state index >= 15 is 0 Å². The molecule has 2 heterocycles. The molecule has 0 fully saturated rings. The molecular formula is C12H19N5. The van der Waals surface area contributed by atoms with Gasteiger partial charge in [-0.05, 0) is 25.1 Å². The van der Waals surface area contributed by atoms with Crippen LogP contribution in [0.2, 0.25) is 0 Å². The Kier molecular flexibility index (Phi) is 3.58. The van der Waals surface area contributed by atoms with Gasteiger partial charge in [-0.15, -0.1) is 10.2 Å². The van der Waals surface area contributed by atoms with E-state index in [1.807, 2.05) is 18.7 Å². The first kappa shape index (κ1) is 11.9. The highest BCUT2D eigenvalue weighted by atomic mass is 15.3. The first-order chi connectivity index (χ1) is 8.24. The fourth-order valence-corrected chi connectivity index (χ4v) is 1.98. The van der Waals surface area contributed by atoms with Gasteiger partial charge in [0.1, 0.15) is 6.33 Å². The maximum Gasteiger partial charge on any atom is 0.152 e. The molecule has 0 amide bonds. The third-order valence-corrected chi connectivity index (χ3v) is 3.06. The SMILES string of the molecule is CCC(NC)c1ccn(Cc2nncn2C)c1. The number of hydrogen-bond acceptors (Lipinski definition) is 3. The van der Waals surface area contributed by atoms with Gasteiger partial charge < -0.3 is 14.5 Å². The first-order valence-electron chi connectivity index (χ1n) is 5.90. The van der Waals surface area contributed by atoms with E-state index < -0.39 is 0 Å². The second-order valence-electron chi connectivity index (χ2n) is 4.22. The summed E-state index contributed by atoms with van der Waals surface area (Å²) in [4.78, 5) is 0. The molecule has 92 valence electrons. The van der Waals surface area contributed by atoms with Crippen LogP contribution in [0.15, 0.2) is 24.8 Å². The molecule has 0 aliphatic carbocycles. The lowest BCUT2D eigenvalue weighted by Crippen LogP contribution is -2.14. The van der Waals surface area contributed by atoms with Gasteiger partial charge in [0.05, 0.1) is 6.54 Å². The van der Waals surface area contributed by atoms with E-state index in [4.69, 9.17) is 0 Å². The average molecular weight is 233 g/mol. The van der Waals surface area contributed by atoms with Crippen LogP contribution in [0.25, 0.3) is 0 Å². The van der Waals surface area contributed by atoms with Gasteiger partial charge in [0.15, 0.2) is 5.82 Å². The highest BCUT2D eigenvalue weighted by Crippen LogP contribution is 2.16. The van der Waals surface area contributed by atoms with E-state index in [9.17, 15) is 0 Å². The second-order valence-corrected chi connectivity index (χ2v) is 4.22. The molecule has 0 aromatic carbocycles. The van der Waals surface area contributed by atoms with Gasteiger partial charge in [-0.25, -0.2) is 0 Å². The number of rotatable bonds is 5. The predicted octanol–water partition coefficient (Wildman–Crippen LogP) is 1.34. The van der Waals surface area contributed by atoms with Crippen molar-refractivity contribution in [2.45, 2.75) is 25.9 Å². The molecular weight excluding hydrogens is 214 g/mol. The quantitative estimate of drug-likeness (QED) is 0.847. The molecule has 0 saturated heterocycles. The Labute approximate surface area is 101 Å². The summed E-state index contributed by atoms with van der Waals surface area (Å²) in [7, 11) is 3.95. The summed E-state index contributed by atoms with van der Waals surface area (Å²) in [6.07, 6.45) is 7.07. The minimum Gasteiger partial charge on any atom is -0.346 e. The van der Waals surface area contributed by atoms with Crippen LogP contribution in [-0.2, 0) is 13.6 Å². The van der Waals surface area contributed by atoms with Crippen molar-refractivity contribution in [3.8, 4) is 0 Å². The highest BCUT2D eigenvalue weighted by Gasteiger charge is 2.08. The number of nitrogens with zero attached hydrogens (tertiary/aromatic N) is 4. The van der Waals surface area contributed by atoms with Crippen LogP contribution in [0.1, 0.15) is 30.8 Å². The fourth-order valence-electron chi connectivity index (χ4n) is 1.98. The van der Waals surface area contributed by atoms with E-state index in [1.54, 1.807) is 6.33 Å². The predicted molar refractivity (Wildman–Crippen MR) is 66.6 cm³/mol. The summed E-state index contributed by atoms with van der Waals surface area (Å²) in [5, 5.41) is 11.3. The Morgan fingerprint density at radius 3 is 2.88 bits per heavy atom. The molecule has 2 aromatic rings. The molecule has 2 aromatic heterocycles. The first-order valence-corrected chi connectivity index (χ1v) is 5.90. The highest BCUT2D eigenvalue weighted by molar-refractivity contribution is 5.15. The molecule has 0 saturated carbocycles. The van der Waals surface area contributed by atoms with Gasteiger partial charge in [0.25, 0.3) is 0 Å². The van der Waals surface area contributed by atoms with Crippen molar-refractivity contribution >= 4 is 0 Å². The molecule has 17 heavy (non-hydrogen) atoms. The number of nitrogens with one attached hydrogen (secondary N) is 1. The Morgan fingerprint density at radius 2 is 2.29 bits per heavy atom. The molecule has 2 rings (SSSR count). The van der Waals surface area contributed by atoms with E-state index in [-0.39, 0.29) is 0 Å². The molecule has 1 atom stereocenters. The molecule has 5 nitrogen and oxygen atoms in total. The number of aryl methyl sites for hydroxylation is 1. The van der Waals surface area contributed by atoms with E-state index in [1.165, 1.54) is 5.56 Å². The molecule has 5 heteroatoms. The molecule has 0 aliphatic rings. The Morgan fingerprint density at radius 1 is 1.47 bits per heavy atom. The summed E-state index contributed by atoms with van der Waals surface area (Å²) in [6, 6.07) is 2.58. The van der Waals surface area contributed by atoms with Crippen LogP contribution in [0, 0.1) is 0 Å². The third kappa shape index (κ3) is 2.55. The molecule has 0 aliphatic heterocycles. The van der Waals surface area contributed by atoms with Gasteiger partial charge >= 0.3 is 0 Å². The van der Waals surface area contributed by atoms with Crippen molar-refractivity contribution in [2.24, 2.45) is 7.05 Å². The maximum atomic E-state index is 4.08. The van der Waals surface area contributed by atoms with Gasteiger partial charge in [-0.1, -0.05) is 6.92 Å². The van der Waals surface area contributed by atoms with Crippen LogP contribution < -0.4 is 5.32 Å². The van der Waals surface area contributed by atoms with Crippen LogP contribution >= 0.6 is 0 Å². The fraction of sp³-hybridized carbons (Fsp3) is 0.500. The average Bonchev–Trinajstić information content (AvgIpc) is 2.92. The lowest BCUT2D eigenvalue weighted by atomic mass is 10.1. The largest absolute Gasteiger partial charge is 0.346 e. The van der Waals surface area contributed by atoms with Gasteiger partial charge in [0, 0.05) is 25.5 Å². The van der Waals surface area contributed by atoms with Crippen molar-refractivity contribution in [3.05, 3.63) is 36.2 Å². The number of aromatic nitrogens is 4. The van der Waals surface area contributed by atoms with Crippen LogP contribution in [-0.4, -0.2) is 26.4 Å². The molecule has 0 spiro atoms. The molecule has 0 bridgehead atoms. The summed E-state index contributed by atoms with van der Waals surface area (Å²) in [5.41, 5.74) is 1.32. The van der Waals surface area contributed by atoms with Crippen molar-refractivity contribution in [2.75, 3.05) is 7.05 Å². The smallest absolute Gasteiger partial charge is 0.152 e. The lowest BCUT2D eigenvalue weighted by Gasteiger charge is -2.11. The standard InChI is InChI=1S/C12H19N5/c1-4-11(13-2)10-5-6-17(7-10)8-12-15-14-9-16(12)3/h5-7,9,11,13H,4,8H2,1-3H3. The summed E-state index contributed by atoms with van der Waals surface area (Å²) in [5.74, 6) is 0.963. The van der Waals surface area contributed by atoms with E-state index in [0.29, 0.717) is 6.04 Å². The summed E-state index contributed by atoms with van der Waals surface area (Å²) >= 11 is 0. The van der Waals surface area contributed by atoms with Gasteiger partial charge in [-0.3, -0.25) is 0 Å². The van der Waals surface area contributed by atoms with Crippen molar-refractivity contribution in [1.82, 2.24) is 24.6 Å². The normalized spacial score (nSPS) is 12.9. The minimum absolute atomic E-state index is 0.427. The summed E-state index contributed by atoms with van der Waals surface area (Å²) < 4.78 is 4.08. The van der Waals surface area contributed by atoms with E-state index in [0.717, 1.165) is 18.8 Å². The van der Waals surface area contributed by atoms with Crippen molar-refractivity contribution in [1.29, 1.82) is 0 Å². The van der Waals surface area contributed by atoms with Crippen LogP contribution in [0.5, 0.6) is 0 Å². The van der Waals surface area contributed by atoms with Gasteiger partial charge in [-0.2, -0.15) is 0 Å².